The van der Waals surface area contributed by atoms with Crippen molar-refractivity contribution in [3.05, 3.63) is 0 Å². The molecule has 17 heavy (non-hydrogen) atoms. The zero-order chi connectivity index (χ0) is 12.9. The fourth-order valence-electron chi connectivity index (χ4n) is 1.80. The van der Waals surface area contributed by atoms with Gasteiger partial charge in [-0.1, -0.05) is 12.8 Å². The van der Waals surface area contributed by atoms with Crippen LogP contribution >= 0.6 is 0 Å². The van der Waals surface area contributed by atoms with E-state index in [0.29, 0.717) is 6.42 Å². The number of hydrogen-bond acceptors (Lipinski definition) is 5. The highest BCUT2D eigenvalue weighted by Crippen LogP contribution is 2.17. The van der Waals surface area contributed by atoms with Crippen LogP contribution in [0.4, 0.5) is 4.79 Å². The van der Waals surface area contributed by atoms with Crippen LogP contribution in [0.15, 0.2) is 0 Å². The SMILES string of the molecule is CCOC(=O)NS(=O)(=O)NC1CCCCC1N. The Morgan fingerprint density at radius 1 is 1.41 bits per heavy atom. The third kappa shape index (κ3) is 4.88. The Hall–Kier alpha value is -0.860. The van der Waals surface area contributed by atoms with Gasteiger partial charge in [0.25, 0.3) is 0 Å². The van der Waals surface area contributed by atoms with Gasteiger partial charge in [-0.3, -0.25) is 0 Å². The van der Waals surface area contributed by atoms with Crippen LogP contribution in [0.5, 0.6) is 0 Å². The molecular formula is C9H19N3O4S. The van der Waals surface area contributed by atoms with E-state index in [0.717, 1.165) is 19.3 Å². The summed E-state index contributed by atoms with van der Waals surface area (Å²) in [6.07, 6.45) is 2.42. The summed E-state index contributed by atoms with van der Waals surface area (Å²) in [5.41, 5.74) is 5.80. The number of carbonyl (C=O) groups is 1. The summed E-state index contributed by atoms with van der Waals surface area (Å²) in [6.45, 7) is 1.71. The molecule has 1 aliphatic rings. The maximum Gasteiger partial charge on any atom is 0.421 e. The van der Waals surface area contributed by atoms with E-state index in [1.54, 1.807) is 11.6 Å². The number of hydrogen-bond donors (Lipinski definition) is 3. The van der Waals surface area contributed by atoms with Gasteiger partial charge >= 0.3 is 16.3 Å². The van der Waals surface area contributed by atoms with E-state index < -0.39 is 16.3 Å². The van der Waals surface area contributed by atoms with E-state index in [1.165, 1.54) is 0 Å². The first-order valence-electron chi connectivity index (χ1n) is 5.67. The molecule has 1 saturated carbocycles. The monoisotopic (exact) mass is 265 g/mol. The maximum atomic E-state index is 11.6. The van der Waals surface area contributed by atoms with Crippen LogP contribution in [0.1, 0.15) is 32.6 Å². The van der Waals surface area contributed by atoms with Crippen LogP contribution in [-0.2, 0) is 14.9 Å². The second kappa shape index (κ2) is 6.18. The predicted octanol–water partition coefficient (Wildman–Crippen LogP) is -0.163. The molecule has 0 spiro atoms. The summed E-state index contributed by atoms with van der Waals surface area (Å²) in [6, 6.07) is -0.529. The van der Waals surface area contributed by atoms with Crippen molar-refractivity contribution in [3.8, 4) is 0 Å². The molecular weight excluding hydrogens is 246 g/mol. The largest absolute Gasteiger partial charge is 0.449 e. The average molecular weight is 265 g/mol. The lowest BCUT2D eigenvalue weighted by molar-refractivity contribution is 0.158. The van der Waals surface area contributed by atoms with Crippen LogP contribution in [0.25, 0.3) is 0 Å². The van der Waals surface area contributed by atoms with Gasteiger partial charge in [0.1, 0.15) is 0 Å². The number of ether oxygens (including phenoxy) is 1. The number of nitrogens with two attached hydrogens (primary N) is 1. The Kier molecular flexibility index (Phi) is 5.16. The zero-order valence-corrected chi connectivity index (χ0v) is 10.6. The van der Waals surface area contributed by atoms with Gasteiger partial charge < -0.3 is 10.5 Å². The molecule has 2 atom stereocenters. The Morgan fingerprint density at radius 3 is 2.65 bits per heavy atom. The Bertz CT molecular complexity index is 357. The fourth-order valence-corrected chi connectivity index (χ4v) is 2.83. The summed E-state index contributed by atoms with van der Waals surface area (Å²) in [5.74, 6) is 0. The number of carbonyl (C=O) groups excluding carboxylic acids is 1. The Balaban J connectivity index is 2.50. The molecule has 8 heteroatoms. The third-order valence-corrected chi connectivity index (χ3v) is 3.67. The van der Waals surface area contributed by atoms with Crippen molar-refractivity contribution in [2.24, 2.45) is 5.73 Å². The van der Waals surface area contributed by atoms with Crippen LogP contribution in [0.3, 0.4) is 0 Å². The second-order valence-corrected chi connectivity index (χ2v) is 5.45. The van der Waals surface area contributed by atoms with Crippen molar-refractivity contribution in [2.45, 2.75) is 44.7 Å². The number of rotatable bonds is 4. The van der Waals surface area contributed by atoms with Gasteiger partial charge in [-0.2, -0.15) is 13.1 Å². The van der Waals surface area contributed by atoms with Crippen molar-refractivity contribution < 1.29 is 17.9 Å². The van der Waals surface area contributed by atoms with Crippen molar-refractivity contribution in [1.29, 1.82) is 0 Å². The summed E-state index contributed by atoms with van der Waals surface area (Å²) in [4.78, 5) is 11.0. The van der Waals surface area contributed by atoms with Crippen molar-refractivity contribution in [3.63, 3.8) is 0 Å². The molecule has 1 rings (SSSR count). The minimum atomic E-state index is -3.89. The molecule has 100 valence electrons. The highest BCUT2D eigenvalue weighted by Gasteiger charge is 2.27. The molecule has 0 heterocycles. The van der Waals surface area contributed by atoms with Crippen molar-refractivity contribution in [1.82, 2.24) is 9.44 Å². The van der Waals surface area contributed by atoms with Gasteiger partial charge in [-0.05, 0) is 19.8 Å². The molecule has 1 amide bonds. The standard InChI is InChI=1S/C9H19N3O4S/c1-2-16-9(13)12-17(14,15)11-8-6-4-3-5-7(8)10/h7-8,11H,2-6,10H2,1H3,(H,12,13). The normalized spacial score (nSPS) is 25.3. The van der Waals surface area contributed by atoms with Crippen LogP contribution in [0.2, 0.25) is 0 Å². The Morgan fingerprint density at radius 2 is 2.06 bits per heavy atom. The molecule has 4 N–H and O–H groups in total. The Labute approximate surface area is 101 Å². The lowest BCUT2D eigenvalue weighted by Crippen LogP contribution is -2.53. The first-order valence-corrected chi connectivity index (χ1v) is 7.15. The molecule has 0 aromatic heterocycles. The minimum Gasteiger partial charge on any atom is -0.449 e. The first-order chi connectivity index (χ1) is 7.94. The number of amides is 1. The molecule has 0 aromatic rings. The van der Waals surface area contributed by atoms with E-state index in [-0.39, 0.29) is 18.7 Å². The van der Waals surface area contributed by atoms with E-state index in [4.69, 9.17) is 5.73 Å². The molecule has 0 bridgehead atoms. The molecule has 7 nitrogen and oxygen atoms in total. The second-order valence-electron chi connectivity index (χ2n) is 4.00. The lowest BCUT2D eigenvalue weighted by Gasteiger charge is -2.28. The quantitative estimate of drug-likeness (QED) is 0.654. The molecule has 0 radical (unpaired) electrons. The average Bonchev–Trinajstić information content (AvgIpc) is 2.20. The third-order valence-electron chi connectivity index (χ3n) is 2.62. The van der Waals surface area contributed by atoms with E-state index in [2.05, 4.69) is 9.46 Å². The number of nitrogens with one attached hydrogen (secondary N) is 2. The molecule has 2 unspecified atom stereocenters. The minimum absolute atomic E-state index is 0.115. The lowest BCUT2D eigenvalue weighted by atomic mass is 9.92. The zero-order valence-electron chi connectivity index (χ0n) is 9.81. The summed E-state index contributed by atoms with van der Waals surface area (Å²) >= 11 is 0. The topological polar surface area (TPSA) is 111 Å². The summed E-state index contributed by atoms with van der Waals surface area (Å²) in [5, 5.41) is 0. The van der Waals surface area contributed by atoms with Crippen LogP contribution in [-0.4, -0.2) is 33.2 Å². The first kappa shape index (κ1) is 14.2. The van der Waals surface area contributed by atoms with Gasteiger partial charge in [0.15, 0.2) is 0 Å². The maximum absolute atomic E-state index is 11.6. The van der Waals surface area contributed by atoms with Gasteiger partial charge in [0.2, 0.25) is 0 Å². The summed E-state index contributed by atoms with van der Waals surface area (Å²) < 4.78 is 31.7. The molecule has 0 aliphatic heterocycles. The highest BCUT2D eigenvalue weighted by atomic mass is 32.2. The van der Waals surface area contributed by atoms with E-state index in [9.17, 15) is 13.2 Å². The van der Waals surface area contributed by atoms with Crippen LogP contribution < -0.4 is 15.2 Å². The highest BCUT2D eigenvalue weighted by molar-refractivity contribution is 7.88. The van der Waals surface area contributed by atoms with Gasteiger partial charge in [-0.25, -0.2) is 9.52 Å². The molecule has 1 fully saturated rings. The smallest absolute Gasteiger partial charge is 0.421 e. The predicted molar refractivity (Wildman–Crippen MR) is 62.4 cm³/mol. The van der Waals surface area contributed by atoms with Gasteiger partial charge in [-0.15, -0.1) is 0 Å². The van der Waals surface area contributed by atoms with Crippen LogP contribution in [0, 0.1) is 0 Å². The van der Waals surface area contributed by atoms with E-state index >= 15 is 0 Å². The van der Waals surface area contributed by atoms with Crippen molar-refractivity contribution in [2.75, 3.05) is 6.61 Å². The fraction of sp³-hybridized carbons (Fsp3) is 0.889. The molecule has 0 saturated heterocycles. The molecule has 1 aliphatic carbocycles. The molecule has 0 aromatic carbocycles. The van der Waals surface area contributed by atoms with Crippen molar-refractivity contribution >= 4 is 16.3 Å². The van der Waals surface area contributed by atoms with Gasteiger partial charge in [0, 0.05) is 12.1 Å². The summed E-state index contributed by atoms with van der Waals surface area (Å²) in [7, 11) is -3.89. The van der Waals surface area contributed by atoms with E-state index in [1.807, 2.05) is 0 Å². The van der Waals surface area contributed by atoms with Gasteiger partial charge in [0.05, 0.1) is 6.61 Å².